The van der Waals surface area contributed by atoms with Crippen LogP contribution in [0.5, 0.6) is 5.75 Å². The minimum absolute atomic E-state index is 0.144. The first-order valence-electron chi connectivity index (χ1n) is 8.34. The standard InChI is InChI=1S/C21H28NO2/c1-6-21(2,3)16-11-12-20(24-14-13-22(4)5)18(15-16)17-9-7-8-10-19(17)23/h6-7,9-12,15,23H,1,8,13-14H2,2-5H3. The van der Waals surface area contributed by atoms with Crippen molar-refractivity contribution >= 4 is 5.57 Å². The summed E-state index contributed by atoms with van der Waals surface area (Å²) in [6, 6.07) is 6.17. The minimum atomic E-state index is -0.144. The fraction of sp³-hybridized carbons (Fsp3) is 0.381. The van der Waals surface area contributed by atoms with Gasteiger partial charge < -0.3 is 14.7 Å². The Morgan fingerprint density at radius 1 is 1.33 bits per heavy atom. The summed E-state index contributed by atoms with van der Waals surface area (Å²) in [5.74, 6) is 1.10. The summed E-state index contributed by atoms with van der Waals surface area (Å²) in [6.07, 6.45) is 8.53. The van der Waals surface area contributed by atoms with Crippen LogP contribution in [-0.2, 0) is 5.41 Å². The van der Waals surface area contributed by atoms with Crippen LogP contribution in [0.4, 0.5) is 0 Å². The number of aliphatic hydroxyl groups excluding tert-OH is 1. The van der Waals surface area contributed by atoms with Gasteiger partial charge in [0, 0.05) is 23.1 Å². The maximum atomic E-state index is 10.3. The largest absolute Gasteiger partial charge is 0.508 e. The van der Waals surface area contributed by atoms with E-state index in [-0.39, 0.29) is 5.41 Å². The van der Waals surface area contributed by atoms with Crippen LogP contribution >= 0.6 is 0 Å². The minimum Gasteiger partial charge on any atom is -0.508 e. The van der Waals surface area contributed by atoms with E-state index >= 15 is 0 Å². The van der Waals surface area contributed by atoms with E-state index in [1.54, 1.807) is 0 Å². The molecular weight excluding hydrogens is 298 g/mol. The number of likely N-dealkylation sites (N-methyl/N-ethyl adjacent to an activating group) is 1. The molecule has 1 aliphatic carbocycles. The fourth-order valence-electron chi connectivity index (χ4n) is 2.51. The van der Waals surface area contributed by atoms with E-state index in [0.717, 1.165) is 35.4 Å². The molecule has 3 heteroatoms. The summed E-state index contributed by atoms with van der Waals surface area (Å²) < 4.78 is 5.99. The van der Waals surface area contributed by atoms with Crippen molar-refractivity contribution in [2.75, 3.05) is 27.2 Å². The van der Waals surface area contributed by atoms with Crippen molar-refractivity contribution in [3.63, 3.8) is 0 Å². The Morgan fingerprint density at radius 2 is 2.08 bits per heavy atom. The number of nitrogens with zero attached hydrogens (tertiary/aromatic N) is 1. The zero-order valence-corrected chi connectivity index (χ0v) is 15.2. The lowest BCUT2D eigenvalue weighted by Crippen LogP contribution is -2.20. The second-order valence-electron chi connectivity index (χ2n) is 6.93. The molecule has 0 heterocycles. The van der Waals surface area contributed by atoms with Crippen LogP contribution in [0.2, 0.25) is 0 Å². The predicted octanol–water partition coefficient (Wildman–Crippen LogP) is 4.52. The Bertz CT molecular complexity index is 654. The van der Waals surface area contributed by atoms with E-state index < -0.39 is 0 Å². The van der Waals surface area contributed by atoms with Gasteiger partial charge in [-0.25, -0.2) is 0 Å². The molecule has 0 unspecified atom stereocenters. The van der Waals surface area contributed by atoms with Crippen LogP contribution in [0.3, 0.4) is 0 Å². The van der Waals surface area contributed by atoms with Crippen LogP contribution in [0.25, 0.3) is 5.57 Å². The van der Waals surface area contributed by atoms with E-state index in [0.29, 0.717) is 12.4 Å². The molecule has 0 aliphatic heterocycles. The lowest BCUT2D eigenvalue weighted by Gasteiger charge is -2.24. The third-order valence-electron chi connectivity index (χ3n) is 4.33. The Kier molecular flexibility index (Phi) is 5.89. The topological polar surface area (TPSA) is 32.7 Å². The zero-order valence-electron chi connectivity index (χ0n) is 15.2. The first-order chi connectivity index (χ1) is 11.3. The Balaban J connectivity index is 2.41. The van der Waals surface area contributed by atoms with Gasteiger partial charge in [-0.3, -0.25) is 0 Å². The number of allylic oxidation sites excluding steroid dienone is 4. The molecule has 0 atom stereocenters. The maximum absolute atomic E-state index is 10.3. The molecule has 2 rings (SSSR count). The highest BCUT2D eigenvalue weighted by Gasteiger charge is 2.21. The maximum Gasteiger partial charge on any atom is 0.127 e. The molecule has 1 N–H and O–H groups in total. The van der Waals surface area contributed by atoms with E-state index in [1.807, 2.05) is 44.8 Å². The van der Waals surface area contributed by atoms with E-state index in [4.69, 9.17) is 4.74 Å². The number of rotatable bonds is 7. The van der Waals surface area contributed by atoms with E-state index in [1.165, 1.54) is 0 Å². The molecule has 0 fully saturated rings. The lowest BCUT2D eigenvalue weighted by atomic mass is 9.82. The van der Waals surface area contributed by atoms with Gasteiger partial charge in [-0.15, -0.1) is 6.58 Å². The third-order valence-corrected chi connectivity index (χ3v) is 4.33. The molecule has 129 valence electrons. The average molecular weight is 326 g/mol. The van der Waals surface area contributed by atoms with Gasteiger partial charge in [0.25, 0.3) is 0 Å². The molecule has 1 aromatic carbocycles. The number of hydrogen-bond acceptors (Lipinski definition) is 3. The van der Waals surface area contributed by atoms with Crippen LogP contribution < -0.4 is 4.74 Å². The molecule has 1 aliphatic rings. The van der Waals surface area contributed by atoms with Gasteiger partial charge >= 0.3 is 0 Å². The monoisotopic (exact) mass is 326 g/mol. The van der Waals surface area contributed by atoms with Crippen molar-refractivity contribution in [2.45, 2.75) is 25.7 Å². The molecule has 0 aromatic heterocycles. The van der Waals surface area contributed by atoms with Gasteiger partial charge in [-0.2, -0.15) is 0 Å². The van der Waals surface area contributed by atoms with Gasteiger partial charge in [0.05, 0.1) is 0 Å². The second-order valence-corrected chi connectivity index (χ2v) is 6.93. The molecule has 0 saturated carbocycles. The van der Waals surface area contributed by atoms with Gasteiger partial charge in [-0.1, -0.05) is 32.1 Å². The Hall–Kier alpha value is -2.00. The first kappa shape index (κ1) is 18.3. The molecule has 24 heavy (non-hydrogen) atoms. The summed E-state index contributed by atoms with van der Waals surface area (Å²) >= 11 is 0. The van der Waals surface area contributed by atoms with Gasteiger partial charge in [0.1, 0.15) is 18.1 Å². The third kappa shape index (κ3) is 4.30. The summed E-state index contributed by atoms with van der Waals surface area (Å²) in [7, 11) is 4.04. The highest BCUT2D eigenvalue weighted by molar-refractivity contribution is 5.82. The van der Waals surface area contributed by atoms with Crippen LogP contribution in [0.15, 0.2) is 48.8 Å². The van der Waals surface area contributed by atoms with Crippen molar-refractivity contribution in [3.05, 3.63) is 66.3 Å². The molecule has 0 amide bonds. The zero-order chi connectivity index (χ0) is 17.7. The number of ether oxygens (including phenoxy) is 1. The molecule has 0 spiro atoms. The highest BCUT2D eigenvalue weighted by atomic mass is 16.5. The summed E-state index contributed by atoms with van der Waals surface area (Å²) in [4.78, 5) is 2.08. The second kappa shape index (κ2) is 7.71. The summed E-state index contributed by atoms with van der Waals surface area (Å²) in [5, 5.41) is 10.3. The Morgan fingerprint density at radius 3 is 2.71 bits per heavy atom. The average Bonchev–Trinajstić information content (AvgIpc) is 2.55. The summed E-state index contributed by atoms with van der Waals surface area (Å²) in [5.41, 5.74) is 2.73. The van der Waals surface area contributed by atoms with Gasteiger partial charge in [-0.05, 0) is 50.7 Å². The molecule has 0 bridgehead atoms. The molecule has 1 radical (unpaired) electrons. The van der Waals surface area contributed by atoms with E-state index in [9.17, 15) is 5.11 Å². The van der Waals surface area contributed by atoms with Crippen molar-refractivity contribution in [2.24, 2.45) is 0 Å². The molecule has 0 saturated heterocycles. The van der Waals surface area contributed by atoms with Gasteiger partial charge in [0.2, 0.25) is 0 Å². The van der Waals surface area contributed by atoms with Gasteiger partial charge in [0.15, 0.2) is 0 Å². The van der Waals surface area contributed by atoms with Crippen molar-refractivity contribution in [1.82, 2.24) is 4.90 Å². The molecule has 3 nitrogen and oxygen atoms in total. The van der Waals surface area contributed by atoms with E-state index in [2.05, 4.69) is 37.5 Å². The fourth-order valence-corrected chi connectivity index (χ4v) is 2.51. The van der Waals surface area contributed by atoms with Crippen LogP contribution in [0.1, 0.15) is 31.4 Å². The number of hydrogen-bond donors (Lipinski definition) is 1. The first-order valence-corrected chi connectivity index (χ1v) is 8.34. The normalized spacial score (nSPS) is 15.0. The highest BCUT2D eigenvalue weighted by Crippen LogP contribution is 2.36. The predicted molar refractivity (Wildman–Crippen MR) is 101 cm³/mol. The van der Waals surface area contributed by atoms with Crippen LogP contribution in [-0.4, -0.2) is 37.3 Å². The van der Waals surface area contributed by atoms with Crippen molar-refractivity contribution < 1.29 is 9.84 Å². The van der Waals surface area contributed by atoms with Crippen LogP contribution in [0, 0.1) is 6.42 Å². The molecular formula is C21H28NO2. The number of aliphatic hydroxyl groups is 1. The SMILES string of the molecule is C=CC(C)(C)c1ccc(OCCN(C)C)c(C2=C[CH]CC=C2O)c1. The lowest BCUT2D eigenvalue weighted by molar-refractivity contribution is 0.260. The molecule has 1 aromatic rings. The smallest absolute Gasteiger partial charge is 0.127 e. The van der Waals surface area contributed by atoms with Crippen molar-refractivity contribution in [3.8, 4) is 5.75 Å². The Labute approximate surface area is 145 Å². The summed E-state index contributed by atoms with van der Waals surface area (Å²) in [6.45, 7) is 9.64. The van der Waals surface area contributed by atoms with Crippen molar-refractivity contribution in [1.29, 1.82) is 0 Å². The number of benzene rings is 1. The quantitative estimate of drug-likeness (QED) is 0.748.